The Balaban J connectivity index is 1.15. The Morgan fingerprint density at radius 1 is 1.12 bits per heavy atom. The minimum Gasteiger partial charge on any atom is -0.462 e. The fraction of sp³-hybridized carbons (Fsp3) is 0.607. The Kier molecular flexibility index (Phi) is 6.26. The Hall–Kier alpha value is -1.91. The lowest BCUT2D eigenvalue weighted by Gasteiger charge is -2.46. The van der Waals surface area contributed by atoms with Crippen molar-refractivity contribution in [3.8, 4) is 0 Å². The minimum atomic E-state index is 0.0521. The lowest BCUT2D eigenvalue weighted by atomic mass is 9.59. The number of piperazine rings is 1. The summed E-state index contributed by atoms with van der Waals surface area (Å²) in [6.07, 6.45) is 10.5. The van der Waals surface area contributed by atoms with Gasteiger partial charge in [-0.2, -0.15) is 0 Å². The van der Waals surface area contributed by atoms with Crippen molar-refractivity contribution in [2.45, 2.75) is 52.1 Å². The molecule has 5 rings (SSSR count). The number of fused-ring (bicyclic) bond motifs is 2. The summed E-state index contributed by atoms with van der Waals surface area (Å²) in [7, 11) is 0. The number of carbonyl (C=O) groups is 1. The first-order chi connectivity index (χ1) is 15.5. The molecule has 4 nitrogen and oxygen atoms in total. The lowest BCUT2D eigenvalue weighted by Crippen LogP contribution is -2.49. The average Bonchev–Trinajstić information content (AvgIpc) is 3.08. The van der Waals surface area contributed by atoms with Crippen LogP contribution in [0.15, 0.2) is 47.6 Å². The molecule has 1 aromatic carbocycles. The van der Waals surface area contributed by atoms with Crippen LogP contribution in [0, 0.1) is 17.3 Å². The van der Waals surface area contributed by atoms with Gasteiger partial charge in [0.1, 0.15) is 6.10 Å². The molecule has 3 fully saturated rings. The van der Waals surface area contributed by atoms with Gasteiger partial charge < -0.3 is 4.74 Å². The molecule has 4 aliphatic rings. The van der Waals surface area contributed by atoms with Crippen LogP contribution in [0.5, 0.6) is 0 Å². The van der Waals surface area contributed by atoms with Crippen LogP contribution in [0.2, 0.25) is 0 Å². The van der Waals surface area contributed by atoms with Crippen LogP contribution in [0.4, 0.5) is 0 Å². The van der Waals surface area contributed by atoms with Crippen molar-refractivity contribution in [3.63, 3.8) is 0 Å². The molecule has 2 aliphatic heterocycles. The molecule has 1 saturated carbocycles. The van der Waals surface area contributed by atoms with Crippen molar-refractivity contribution in [3.05, 3.63) is 53.1 Å². The number of nitrogens with zero attached hydrogens (tertiary/aromatic N) is 2. The molecule has 0 amide bonds. The van der Waals surface area contributed by atoms with Gasteiger partial charge in [-0.05, 0) is 50.0 Å². The molecule has 2 heterocycles. The third kappa shape index (κ3) is 4.45. The number of carbonyl (C=O) groups excluding carboxylic acids is 1. The predicted molar refractivity (Wildman–Crippen MR) is 129 cm³/mol. The van der Waals surface area contributed by atoms with Crippen molar-refractivity contribution in [1.29, 1.82) is 0 Å². The highest BCUT2D eigenvalue weighted by atomic mass is 16.6. The summed E-state index contributed by atoms with van der Waals surface area (Å²) in [6.45, 7) is 10.8. The van der Waals surface area contributed by atoms with Crippen LogP contribution < -0.4 is 0 Å². The van der Waals surface area contributed by atoms with E-state index in [2.05, 4.69) is 66.1 Å². The van der Waals surface area contributed by atoms with Crippen molar-refractivity contribution < 1.29 is 9.53 Å². The smallest absolute Gasteiger partial charge is 0.310 e. The number of allylic oxidation sites excluding steroid dienone is 2. The highest BCUT2D eigenvalue weighted by Gasteiger charge is 2.53. The number of rotatable bonds is 5. The van der Waals surface area contributed by atoms with E-state index in [4.69, 9.17) is 4.74 Å². The highest BCUT2D eigenvalue weighted by molar-refractivity contribution is 5.76. The maximum Gasteiger partial charge on any atom is 0.310 e. The lowest BCUT2D eigenvalue weighted by molar-refractivity contribution is -0.145. The van der Waals surface area contributed by atoms with Gasteiger partial charge in [0, 0.05) is 45.2 Å². The SMILES string of the molecule is CC1=C2CC3C(CC2(C)CCC1)OC(=O)C3CN1CCN(CC=Cc2ccccc2)CC1. The van der Waals surface area contributed by atoms with Crippen LogP contribution in [0.3, 0.4) is 0 Å². The van der Waals surface area contributed by atoms with E-state index in [0.717, 1.165) is 52.1 Å². The number of hydrogen-bond donors (Lipinski definition) is 0. The molecule has 4 heteroatoms. The van der Waals surface area contributed by atoms with E-state index >= 15 is 0 Å². The molecule has 0 radical (unpaired) electrons. The van der Waals surface area contributed by atoms with Gasteiger partial charge in [0.25, 0.3) is 0 Å². The van der Waals surface area contributed by atoms with Gasteiger partial charge in [-0.1, -0.05) is 60.6 Å². The zero-order valence-corrected chi connectivity index (χ0v) is 19.8. The second-order valence-corrected chi connectivity index (χ2v) is 10.7. The largest absolute Gasteiger partial charge is 0.462 e. The molecule has 0 bridgehead atoms. The molecular formula is C28H38N2O2. The Labute approximate surface area is 193 Å². The molecule has 0 aromatic heterocycles. The van der Waals surface area contributed by atoms with Crippen LogP contribution in [-0.4, -0.2) is 61.1 Å². The maximum absolute atomic E-state index is 12.9. The number of benzene rings is 1. The Bertz CT molecular complexity index is 884. The minimum absolute atomic E-state index is 0.0521. The third-order valence-electron chi connectivity index (χ3n) is 8.57. The highest BCUT2D eigenvalue weighted by Crippen LogP contribution is 2.55. The second-order valence-electron chi connectivity index (χ2n) is 10.7. The molecule has 172 valence electrons. The van der Waals surface area contributed by atoms with E-state index in [9.17, 15) is 4.79 Å². The van der Waals surface area contributed by atoms with E-state index in [-0.39, 0.29) is 23.4 Å². The van der Waals surface area contributed by atoms with Crippen molar-refractivity contribution in [2.75, 3.05) is 39.3 Å². The maximum atomic E-state index is 12.9. The van der Waals surface area contributed by atoms with Gasteiger partial charge in [0.05, 0.1) is 5.92 Å². The van der Waals surface area contributed by atoms with Gasteiger partial charge >= 0.3 is 5.97 Å². The van der Waals surface area contributed by atoms with E-state index in [1.54, 1.807) is 11.1 Å². The first kappa shape index (κ1) is 21.9. The summed E-state index contributed by atoms with van der Waals surface area (Å²) in [5.41, 5.74) is 4.76. The van der Waals surface area contributed by atoms with E-state index in [0.29, 0.717) is 5.92 Å². The van der Waals surface area contributed by atoms with E-state index in [1.165, 1.54) is 24.8 Å². The van der Waals surface area contributed by atoms with Gasteiger partial charge in [-0.15, -0.1) is 0 Å². The fourth-order valence-corrected chi connectivity index (χ4v) is 6.66. The quantitative estimate of drug-likeness (QED) is 0.493. The van der Waals surface area contributed by atoms with Crippen molar-refractivity contribution in [2.24, 2.45) is 17.3 Å². The molecular weight excluding hydrogens is 396 g/mol. The summed E-state index contributed by atoms with van der Waals surface area (Å²) in [4.78, 5) is 17.9. The number of hydrogen-bond acceptors (Lipinski definition) is 4. The molecule has 32 heavy (non-hydrogen) atoms. The topological polar surface area (TPSA) is 32.8 Å². The molecule has 4 unspecified atom stereocenters. The van der Waals surface area contributed by atoms with Crippen molar-refractivity contribution >= 4 is 12.0 Å². The third-order valence-corrected chi connectivity index (χ3v) is 8.57. The summed E-state index contributed by atoms with van der Waals surface area (Å²) >= 11 is 0. The first-order valence-corrected chi connectivity index (χ1v) is 12.6. The zero-order chi connectivity index (χ0) is 22.1. The molecule has 1 aromatic rings. The number of ether oxygens (including phenoxy) is 1. The summed E-state index contributed by atoms with van der Waals surface area (Å²) in [6, 6.07) is 10.5. The van der Waals surface area contributed by atoms with E-state index < -0.39 is 0 Å². The van der Waals surface area contributed by atoms with Gasteiger partial charge in [-0.25, -0.2) is 0 Å². The summed E-state index contributed by atoms with van der Waals surface area (Å²) < 4.78 is 5.98. The van der Waals surface area contributed by atoms with Crippen LogP contribution in [-0.2, 0) is 9.53 Å². The van der Waals surface area contributed by atoms with Crippen LogP contribution in [0.1, 0.15) is 51.5 Å². The predicted octanol–water partition coefficient (Wildman–Crippen LogP) is 4.78. The molecule has 2 saturated heterocycles. The molecule has 4 atom stereocenters. The summed E-state index contributed by atoms with van der Waals surface area (Å²) in [5.74, 6) is 0.496. The second kappa shape index (κ2) is 9.15. The zero-order valence-electron chi connectivity index (χ0n) is 19.8. The molecule has 0 N–H and O–H groups in total. The van der Waals surface area contributed by atoms with Crippen LogP contribution >= 0.6 is 0 Å². The molecule has 0 spiro atoms. The number of esters is 1. The molecule has 2 aliphatic carbocycles. The van der Waals surface area contributed by atoms with Gasteiger partial charge in [0.2, 0.25) is 0 Å². The van der Waals surface area contributed by atoms with Crippen LogP contribution in [0.25, 0.3) is 6.08 Å². The van der Waals surface area contributed by atoms with E-state index in [1.807, 2.05) is 0 Å². The standard InChI is InChI=1S/C28H38N2O2/c1-21-8-6-12-28(2)19-26-23(18-25(21)28)24(27(31)32-26)20-30-16-14-29(15-17-30)13-7-11-22-9-4-3-5-10-22/h3-5,7,9-11,23-24,26H,6,8,12-20H2,1-2H3. The average molecular weight is 435 g/mol. The van der Waals surface area contributed by atoms with Crippen molar-refractivity contribution in [1.82, 2.24) is 9.80 Å². The summed E-state index contributed by atoms with van der Waals surface area (Å²) in [5, 5.41) is 0. The first-order valence-electron chi connectivity index (χ1n) is 12.6. The fourth-order valence-electron chi connectivity index (χ4n) is 6.66. The van der Waals surface area contributed by atoms with Gasteiger partial charge in [-0.3, -0.25) is 14.6 Å². The Morgan fingerprint density at radius 3 is 2.66 bits per heavy atom. The Morgan fingerprint density at radius 2 is 1.88 bits per heavy atom. The van der Waals surface area contributed by atoms with Gasteiger partial charge in [0.15, 0.2) is 0 Å². The normalized spacial score (nSPS) is 33.9. The monoisotopic (exact) mass is 434 g/mol.